The molecule has 0 atom stereocenters. The molecule has 0 amide bonds. The molecule has 114 valence electrons. The number of aromatic nitrogens is 2. The highest BCUT2D eigenvalue weighted by atomic mass is 16.1. The fourth-order valence-electron chi connectivity index (χ4n) is 3.53. The summed E-state index contributed by atoms with van der Waals surface area (Å²) in [6.07, 6.45) is 4.36. The van der Waals surface area contributed by atoms with Crippen LogP contribution in [0.5, 0.6) is 0 Å². The molecule has 23 heavy (non-hydrogen) atoms. The number of rotatable bonds is 1. The van der Waals surface area contributed by atoms with Crippen molar-refractivity contribution in [3.8, 4) is 17.3 Å². The standard InChI is InChI=1S/C19H17N3O/c1-22-18-5-3-2-4-13(18)9-15(19(22)23)17-10-14-8-12(11-20)6-7-16(14)21-17/h6-10,21H,2-5H2,1H3. The molecule has 0 unspecified atom stereocenters. The van der Waals surface area contributed by atoms with Crippen LogP contribution in [-0.2, 0) is 19.9 Å². The average Bonchev–Trinajstić information content (AvgIpc) is 3.00. The fraction of sp³-hybridized carbons (Fsp3) is 0.263. The number of hydrogen-bond donors (Lipinski definition) is 1. The first-order valence-electron chi connectivity index (χ1n) is 7.92. The van der Waals surface area contributed by atoms with E-state index in [9.17, 15) is 4.79 Å². The average molecular weight is 303 g/mol. The zero-order valence-corrected chi connectivity index (χ0v) is 13.0. The van der Waals surface area contributed by atoms with Crippen molar-refractivity contribution in [1.29, 1.82) is 5.26 Å². The van der Waals surface area contributed by atoms with Gasteiger partial charge in [0.05, 0.1) is 22.9 Å². The Morgan fingerprint density at radius 2 is 2.00 bits per heavy atom. The van der Waals surface area contributed by atoms with Crippen LogP contribution in [0.1, 0.15) is 29.7 Å². The number of H-pyrrole nitrogens is 1. The van der Waals surface area contributed by atoms with Crippen LogP contribution in [0.4, 0.5) is 0 Å². The third-order valence-corrected chi connectivity index (χ3v) is 4.78. The van der Waals surface area contributed by atoms with E-state index >= 15 is 0 Å². The van der Waals surface area contributed by atoms with E-state index in [0.717, 1.165) is 35.9 Å². The molecule has 1 N–H and O–H groups in total. The lowest BCUT2D eigenvalue weighted by Crippen LogP contribution is -2.25. The van der Waals surface area contributed by atoms with E-state index in [0.29, 0.717) is 11.1 Å². The predicted octanol–water partition coefficient (Wildman–Crippen LogP) is 3.28. The van der Waals surface area contributed by atoms with E-state index < -0.39 is 0 Å². The second kappa shape index (κ2) is 5.13. The van der Waals surface area contributed by atoms with E-state index in [1.54, 1.807) is 10.6 Å². The molecule has 2 heterocycles. The molecular weight excluding hydrogens is 286 g/mol. The lowest BCUT2D eigenvalue weighted by atomic mass is 9.94. The predicted molar refractivity (Wildman–Crippen MR) is 90.3 cm³/mol. The highest BCUT2D eigenvalue weighted by Crippen LogP contribution is 2.27. The van der Waals surface area contributed by atoms with Crippen molar-refractivity contribution in [3.05, 3.63) is 57.5 Å². The quantitative estimate of drug-likeness (QED) is 0.750. The molecule has 0 saturated carbocycles. The lowest BCUT2D eigenvalue weighted by molar-refractivity contribution is 0.624. The van der Waals surface area contributed by atoms with Crippen molar-refractivity contribution in [1.82, 2.24) is 9.55 Å². The number of aryl methyl sites for hydroxylation is 1. The van der Waals surface area contributed by atoms with Gasteiger partial charge in [-0.3, -0.25) is 4.79 Å². The fourth-order valence-corrected chi connectivity index (χ4v) is 3.53. The van der Waals surface area contributed by atoms with Gasteiger partial charge in [0.25, 0.3) is 5.56 Å². The summed E-state index contributed by atoms with van der Waals surface area (Å²) in [5.41, 5.74) is 5.60. The summed E-state index contributed by atoms with van der Waals surface area (Å²) in [6, 6.07) is 11.7. The summed E-state index contributed by atoms with van der Waals surface area (Å²) in [4.78, 5) is 16.0. The van der Waals surface area contributed by atoms with Gasteiger partial charge in [0, 0.05) is 23.6 Å². The Bertz CT molecular complexity index is 1020. The molecule has 2 aromatic heterocycles. The molecule has 0 saturated heterocycles. The molecule has 4 rings (SSSR count). The van der Waals surface area contributed by atoms with Gasteiger partial charge in [-0.1, -0.05) is 0 Å². The van der Waals surface area contributed by atoms with Crippen LogP contribution < -0.4 is 5.56 Å². The summed E-state index contributed by atoms with van der Waals surface area (Å²) in [5, 5.41) is 9.98. The van der Waals surface area contributed by atoms with Crippen LogP contribution in [0.3, 0.4) is 0 Å². The van der Waals surface area contributed by atoms with Crippen molar-refractivity contribution in [2.45, 2.75) is 25.7 Å². The van der Waals surface area contributed by atoms with Gasteiger partial charge in [-0.15, -0.1) is 0 Å². The van der Waals surface area contributed by atoms with Crippen LogP contribution in [0, 0.1) is 11.3 Å². The Kier molecular flexibility index (Phi) is 3.09. The Hall–Kier alpha value is -2.80. The number of fused-ring (bicyclic) bond motifs is 2. The van der Waals surface area contributed by atoms with E-state index in [-0.39, 0.29) is 5.56 Å². The molecule has 4 nitrogen and oxygen atoms in total. The van der Waals surface area contributed by atoms with Gasteiger partial charge in [0.2, 0.25) is 0 Å². The second-order valence-electron chi connectivity index (χ2n) is 6.20. The first-order valence-corrected chi connectivity index (χ1v) is 7.92. The summed E-state index contributed by atoms with van der Waals surface area (Å²) in [7, 11) is 1.87. The van der Waals surface area contributed by atoms with Crippen LogP contribution in [0.25, 0.3) is 22.2 Å². The molecule has 1 aliphatic carbocycles. The van der Waals surface area contributed by atoms with Crippen molar-refractivity contribution in [2.75, 3.05) is 0 Å². The Balaban J connectivity index is 1.92. The zero-order chi connectivity index (χ0) is 16.0. The molecule has 3 aromatic rings. The zero-order valence-electron chi connectivity index (χ0n) is 13.0. The normalized spacial score (nSPS) is 13.7. The molecule has 0 bridgehead atoms. The van der Waals surface area contributed by atoms with E-state index in [1.165, 1.54) is 17.7 Å². The maximum Gasteiger partial charge on any atom is 0.259 e. The topological polar surface area (TPSA) is 61.6 Å². The molecule has 0 fully saturated rings. The Labute approximate surface area is 134 Å². The highest BCUT2D eigenvalue weighted by Gasteiger charge is 2.17. The molecule has 4 heteroatoms. The Morgan fingerprint density at radius 3 is 2.83 bits per heavy atom. The van der Waals surface area contributed by atoms with Crippen molar-refractivity contribution in [2.24, 2.45) is 7.05 Å². The minimum atomic E-state index is 0.0395. The Morgan fingerprint density at radius 1 is 1.17 bits per heavy atom. The van der Waals surface area contributed by atoms with E-state index in [4.69, 9.17) is 5.26 Å². The van der Waals surface area contributed by atoms with Gasteiger partial charge in [0.1, 0.15) is 0 Å². The molecule has 1 aromatic carbocycles. The van der Waals surface area contributed by atoms with E-state index in [2.05, 4.69) is 11.1 Å². The number of nitrogens with one attached hydrogen (secondary N) is 1. The molecular formula is C19H17N3O. The van der Waals surface area contributed by atoms with Crippen LogP contribution >= 0.6 is 0 Å². The third-order valence-electron chi connectivity index (χ3n) is 4.78. The smallest absolute Gasteiger partial charge is 0.259 e. The lowest BCUT2D eigenvalue weighted by Gasteiger charge is -2.19. The van der Waals surface area contributed by atoms with Gasteiger partial charge < -0.3 is 9.55 Å². The number of nitriles is 1. The van der Waals surface area contributed by atoms with Crippen molar-refractivity contribution >= 4 is 10.9 Å². The van der Waals surface area contributed by atoms with Crippen molar-refractivity contribution < 1.29 is 0 Å². The second-order valence-corrected chi connectivity index (χ2v) is 6.20. The summed E-state index contributed by atoms with van der Waals surface area (Å²) < 4.78 is 1.80. The van der Waals surface area contributed by atoms with E-state index in [1.807, 2.05) is 31.3 Å². The minimum Gasteiger partial charge on any atom is -0.354 e. The number of hydrogen-bond acceptors (Lipinski definition) is 2. The number of benzene rings is 1. The monoisotopic (exact) mass is 303 g/mol. The number of nitrogens with zero attached hydrogens (tertiary/aromatic N) is 2. The summed E-state index contributed by atoms with van der Waals surface area (Å²) in [6.45, 7) is 0. The molecule has 0 radical (unpaired) electrons. The van der Waals surface area contributed by atoms with Gasteiger partial charge in [-0.2, -0.15) is 5.26 Å². The highest BCUT2D eigenvalue weighted by molar-refractivity contribution is 5.86. The van der Waals surface area contributed by atoms with Gasteiger partial charge in [-0.25, -0.2) is 0 Å². The summed E-state index contributed by atoms with van der Waals surface area (Å²) in [5.74, 6) is 0. The first-order chi connectivity index (χ1) is 11.2. The molecule has 1 aliphatic rings. The number of pyridine rings is 1. The largest absolute Gasteiger partial charge is 0.354 e. The number of aromatic amines is 1. The SMILES string of the molecule is Cn1c2c(cc(-c3cc4cc(C#N)ccc4[nH]3)c1=O)CCCC2. The van der Waals surface area contributed by atoms with Gasteiger partial charge in [0.15, 0.2) is 0 Å². The van der Waals surface area contributed by atoms with Gasteiger partial charge in [-0.05, 0) is 61.6 Å². The first kappa shape index (κ1) is 13.8. The maximum absolute atomic E-state index is 12.7. The third kappa shape index (κ3) is 2.17. The van der Waals surface area contributed by atoms with Crippen LogP contribution in [0.2, 0.25) is 0 Å². The molecule has 0 aliphatic heterocycles. The van der Waals surface area contributed by atoms with Gasteiger partial charge >= 0.3 is 0 Å². The summed E-state index contributed by atoms with van der Waals surface area (Å²) >= 11 is 0. The van der Waals surface area contributed by atoms with Crippen LogP contribution in [0.15, 0.2) is 35.1 Å². The van der Waals surface area contributed by atoms with Crippen molar-refractivity contribution in [3.63, 3.8) is 0 Å². The van der Waals surface area contributed by atoms with Crippen LogP contribution in [-0.4, -0.2) is 9.55 Å². The molecule has 0 spiro atoms. The maximum atomic E-state index is 12.7. The minimum absolute atomic E-state index is 0.0395.